The molecule has 3 saturated carbocycles. The van der Waals surface area contributed by atoms with Crippen molar-refractivity contribution in [2.45, 2.75) is 70.5 Å². The lowest BCUT2D eigenvalue weighted by Gasteiger charge is -2.60. The van der Waals surface area contributed by atoms with Crippen LogP contribution in [0.1, 0.15) is 61.5 Å². The van der Waals surface area contributed by atoms with Crippen molar-refractivity contribution in [3.8, 4) is 0 Å². The van der Waals surface area contributed by atoms with E-state index in [2.05, 4.69) is 0 Å². The topological polar surface area (TPSA) is 94.8 Å². The number of rotatable bonds is 2. The van der Waals surface area contributed by atoms with Crippen LogP contribution in [0.25, 0.3) is 0 Å². The maximum atomic E-state index is 12.4. The van der Waals surface area contributed by atoms with Crippen LogP contribution < -0.4 is 0 Å². The smallest absolute Gasteiger partial charge is 0.190 e. The third-order valence-corrected chi connectivity index (χ3v) is 8.25. The maximum Gasteiger partial charge on any atom is 0.190 e. The molecule has 0 heterocycles. The number of aliphatic hydroxyl groups is 3. The average Bonchev–Trinajstić information content (AvgIpc) is 2.92. The molecule has 0 aromatic heterocycles. The molecule has 0 aromatic carbocycles. The Balaban J connectivity index is 1.77. The number of fused-ring (bicyclic) bond motifs is 5. The number of Topliss-reactive ketones (excluding diaryl/α,β-unsaturated/α-hetero) is 1. The second kappa shape index (κ2) is 5.73. The lowest BCUT2D eigenvalue weighted by atomic mass is 9.45. The summed E-state index contributed by atoms with van der Waals surface area (Å²) in [6.45, 7) is 3.04. The highest BCUT2D eigenvalue weighted by molar-refractivity contribution is 5.91. The summed E-state index contributed by atoms with van der Waals surface area (Å²) in [6.07, 6.45) is 1.08. The second-order valence-corrected chi connectivity index (χ2v) is 9.19. The zero-order valence-electron chi connectivity index (χ0n) is 17.4. The van der Waals surface area contributed by atoms with Crippen molar-refractivity contribution in [1.29, 1.82) is 0 Å². The van der Waals surface area contributed by atoms with E-state index >= 15 is 0 Å². The lowest BCUT2D eigenvalue weighted by Crippen LogP contribution is -2.62. The van der Waals surface area contributed by atoms with E-state index in [1.54, 1.807) is 0 Å². The molecule has 9 atom stereocenters. The summed E-state index contributed by atoms with van der Waals surface area (Å²) >= 11 is 0. The summed E-state index contributed by atoms with van der Waals surface area (Å²) in [5, 5.41) is 31.8. The fraction of sp³-hybridized carbons (Fsp3) is 0.810. The summed E-state index contributed by atoms with van der Waals surface area (Å²) in [5.41, 5.74) is -2.36. The summed E-state index contributed by atoms with van der Waals surface area (Å²) in [6, 6.07) is 0. The van der Waals surface area contributed by atoms with Crippen molar-refractivity contribution < 1.29 is 27.7 Å². The highest BCUT2D eigenvalue weighted by Gasteiger charge is 2.68. The quantitative estimate of drug-likeness (QED) is 0.694. The van der Waals surface area contributed by atoms with Crippen molar-refractivity contribution in [2.24, 2.45) is 28.6 Å². The second-order valence-electron chi connectivity index (χ2n) is 9.19. The van der Waals surface area contributed by atoms with E-state index in [9.17, 15) is 24.9 Å². The summed E-state index contributed by atoms with van der Waals surface area (Å²) < 4.78 is 16.8. The maximum absolute atomic E-state index is 12.4. The number of carbonyl (C=O) groups is 2. The van der Waals surface area contributed by atoms with Gasteiger partial charge >= 0.3 is 0 Å². The Bertz CT molecular complexity index is 753. The fourth-order valence-electron chi connectivity index (χ4n) is 6.92. The standard InChI is InChI=1S/C21H30O5/c1-19-7-5-13(23)9-12(19)3-4-14-15-6-8-21(26,17(25)11-22)20(15,2)10-16(24)18(14)19/h9,14-16,18,22,24,26H,3-8,10-11H2,1-2H3/t14-,15-,16-,18+,19-,20-,21-/m0/s1/i5D,7D/t5-,7-,14+,15+,16+,18-,19+,20+,21+/m1. The Labute approximate surface area is 157 Å². The lowest BCUT2D eigenvalue weighted by molar-refractivity contribution is -0.182. The van der Waals surface area contributed by atoms with Gasteiger partial charge in [0.25, 0.3) is 0 Å². The third kappa shape index (κ3) is 2.14. The Morgan fingerprint density at radius 3 is 2.81 bits per heavy atom. The van der Waals surface area contributed by atoms with E-state index in [0.717, 1.165) is 12.0 Å². The first-order chi connectivity index (χ1) is 13.0. The van der Waals surface area contributed by atoms with Crippen LogP contribution in [-0.2, 0) is 9.59 Å². The molecule has 0 radical (unpaired) electrons. The molecule has 26 heavy (non-hydrogen) atoms. The molecule has 4 rings (SSSR count). The van der Waals surface area contributed by atoms with Crippen LogP contribution in [0.5, 0.6) is 0 Å². The fourth-order valence-corrected chi connectivity index (χ4v) is 6.92. The van der Waals surface area contributed by atoms with E-state index in [4.69, 9.17) is 2.74 Å². The molecule has 3 N–H and O–H groups in total. The number of carbonyl (C=O) groups excluding carboxylic acids is 2. The minimum atomic E-state index is -1.64. The van der Waals surface area contributed by atoms with E-state index < -0.39 is 47.7 Å². The summed E-state index contributed by atoms with van der Waals surface area (Å²) in [4.78, 5) is 24.5. The van der Waals surface area contributed by atoms with Crippen LogP contribution in [0.15, 0.2) is 11.6 Å². The molecule has 144 valence electrons. The Hall–Kier alpha value is -1.04. The molecule has 0 unspecified atom stereocenters. The zero-order chi connectivity index (χ0) is 20.6. The number of allylic oxidation sites excluding steroid dienone is 1. The van der Waals surface area contributed by atoms with Gasteiger partial charge in [-0.3, -0.25) is 9.59 Å². The van der Waals surface area contributed by atoms with Crippen LogP contribution in [0.2, 0.25) is 0 Å². The molecular weight excluding hydrogens is 332 g/mol. The van der Waals surface area contributed by atoms with E-state index in [1.807, 2.05) is 13.8 Å². The van der Waals surface area contributed by atoms with E-state index in [1.165, 1.54) is 6.08 Å². The first-order valence-corrected chi connectivity index (χ1v) is 9.66. The summed E-state index contributed by atoms with van der Waals surface area (Å²) in [5.74, 6) is -1.19. The minimum absolute atomic E-state index is 0.00432. The third-order valence-electron chi connectivity index (χ3n) is 8.25. The number of aliphatic hydroxyl groups excluding tert-OH is 2. The van der Waals surface area contributed by atoms with Gasteiger partial charge in [0.1, 0.15) is 12.2 Å². The van der Waals surface area contributed by atoms with Crippen LogP contribution >= 0.6 is 0 Å². The monoisotopic (exact) mass is 364 g/mol. The van der Waals surface area contributed by atoms with Gasteiger partial charge in [0.15, 0.2) is 11.6 Å². The van der Waals surface area contributed by atoms with Crippen LogP contribution in [0, 0.1) is 28.6 Å². The van der Waals surface area contributed by atoms with Crippen molar-refractivity contribution in [2.75, 3.05) is 6.61 Å². The van der Waals surface area contributed by atoms with Crippen molar-refractivity contribution >= 4 is 11.6 Å². The summed E-state index contributed by atoms with van der Waals surface area (Å²) in [7, 11) is 0. The van der Waals surface area contributed by atoms with Crippen LogP contribution in [-0.4, -0.2) is 45.2 Å². The van der Waals surface area contributed by atoms with Gasteiger partial charge in [0.2, 0.25) is 0 Å². The Morgan fingerprint density at radius 2 is 2.12 bits per heavy atom. The molecule has 5 nitrogen and oxygen atoms in total. The SMILES string of the molecule is [2H][C@@H]1[C@@H]([2H])C(=O)C=C2CC[C@@H]3[C@H]([C@@H](O)C[C@@]4(C)[C@H]3CC[C@]4(O)C(=O)CO)[C@]21C. The van der Waals surface area contributed by atoms with Gasteiger partial charge in [0.05, 0.1) is 6.10 Å². The molecule has 0 bridgehead atoms. The van der Waals surface area contributed by atoms with Crippen LogP contribution in [0.4, 0.5) is 0 Å². The molecule has 0 spiro atoms. The average molecular weight is 364 g/mol. The van der Waals surface area contributed by atoms with Gasteiger partial charge in [-0.25, -0.2) is 0 Å². The molecule has 5 heteroatoms. The molecule has 0 amide bonds. The first-order valence-electron chi connectivity index (χ1n) is 10.8. The van der Waals surface area contributed by atoms with Crippen molar-refractivity contribution in [3.05, 3.63) is 11.6 Å². The van der Waals surface area contributed by atoms with Gasteiger partial charge in [-0.15, -0.1) is 0 Å². The van der Waals surface area contributed by atoms with E-state index in [0.29, 0.717) is 12.8 Å². The number of hydrogen-bond donors (Lipinski definition) is 3. The number of hydrogen-bond acceptors (Lipinski definition) is 5. The van der Waals surface area contributed by atoms with Crippen LogP contribution in [0.3, 0.4) is 0 Å². The molecule has 4 aliphatic carbocycles. The van der Waals surface area contributed by atoms with Crippen molar-refractivity contribution in [1.82, 2.24) is 0 Å². The zero-order valence-corrected chi connectivity index (χ0v) is 15.4. The van der Waals surface area contributed by atoms with Gasteiger partial charge in [-0.1, -0.05) is 19.4 Å². The normalized spacial score (nSPS) is 57.3. The number of ketones is 2. The van der Waals surface area contributed by atoms with Crippen molar-refractivity contribution in [3.63, 3.8) is 0 Å². The molecule has 0 saturated heterocycles. The predicted molar refractivity (Wildman–Crippen MR) is 95.1 cm³/mol. The first kappa shape index (κ1) is 16.0. The highest BCUT2D eigenvalue weighted by atomic mass is 16.3. The minimum Gasteiger partial charge on any atom is -0.393 e. The Morgan fingerprint density at radius 1 is 1.38 bits per heavy atom. The molecule has 3 fully saturated rings. The molecule has 0 aromatic rings. The van der Waals surface area contributed by atoms with Gasteiger partial charge in [-0.2, -0.15) is 0 Å². The predicted octanol–water partition coefficient (Wildman–Crippen LogP) is 1.78. The molecule has 0 aliphatic heterocycles. The van der Waals surface area contributed by atoms with Gasteiger partial charge in [0, 0.05) is 14.6 Å². The van der Waals surface area contributed by atoms with E-state index in [-0.39, 0.29) is 36.4 Å². The Kier molecular flexibility index (Phi) is 3.52. The molecular formula is C21H30O5. The largest absolute Gasteiger partial charge is 0.393 e. The highest BCUT2D eigenvalue weighted by Crippen LogP contribution is 2.67. The molecule has 4 aliphatic rings. The van der Waals surface area contributed by atoms with Gasteiger partial charge < -0.3 is 15.3 Å². The van der Waals surface area contributed by atoms with Gasteiger partial charge in [-0.05, 0) is 67.7 Å².